The molecule has 0 radical (unpaired) electrons. The van der Waals surface area contributed by atoms with E-state index in [0.29, 0.717) is 5.57 Å². The Morgan fingerprint density at radius 1 is 0.955 bits per heavy atom. The molecule has 0 aliphatic heterocycles. The predicted octanol–water partition coefficient (Wildman–Crippen LogP) is 4.56. The summed E-state index contributed by atoms with van der Waals surface area (Å²) in [6.45, 7) is 7.93. The van der Waals surface area contributed by atoms with Crippen molar-refractivity contribution in [1.82, 2.24) is 0 Å². The molecular weight excluding hydrogens is 276 g/mol. The molecule has 3 heteroatoms. The van der Waals surface area contributed by atoms with Gasteiger partial charge in [0.1, 0.15) is 5.60 Å². The van der Waals surface area contributed by atoms with E-state index in [0.717, 1.165) is 11.1 Å². The fourth-order valence-corrected chi connectivity index (χ4v) is 2.08. The average molecular weight is 298 g/mol. The van der Waals surface area contributed by atoms with E-state index < -0.39 is 11.9 Å². The molecule has 0 saturated heterocycles. The van der Waals surface area contributed by atoms with E-state index in [4.69, 9.17) is 14.5 Å². The molecule has 2 rings (SSSR count). The van der Waals surface area contributed by atoms with Gasteiger partial charge in [-0.2, -0.15) is 4.89 Å². The van der Waals surface area contributed by atoms with Crippen molar-refractivity contribution >= 4 is 5.57 Å². The lowest BCUT2D eigenvalue weighted by atomic mass is 9.99. The summed E-state index contributed by atoms with van der Waals surface area (Å²) in [7, 11) is 1.57. The van der Waals surface area contributed by atoms with Crippen molar-refractivity contribution in [2.24, 2.45) is 0 Å². The molecule has 0 bridgehead atoms. The zero-order chi connectivity index (χ0) is 16.0. The zero-order valence-corrected chi connectivity index (χ0v) is 13.3. The molecular formula is C19H22O3. The molecule has 1 atom stereocenters. The van der Waals surface area contributed by atoms with E-state index in [2.05, 4.69) is 6.58 Å². The third-order valence-electron chi connectivity index (χ3n) is 3.46. The topological polar surface area (TPSA) is 27.7 Å². The zero-order valence-electron chi connectivity index (χ0n) is 13.3. The van der Waals surface area contributed by atoms with Crippen LogP contribution in [0.4, 0.5) is 0 Å². The van der Waals surface area contributed by atoms with Gasteiger partial charge in [0, 0.05) is 12.7 Å². The van der Waals surface area contributed by atoms with Crippen molar-refractivity contribution in [3.05, 3.63) is 78.4 Å². The minimum absolute atomic E-state index is 0.588. The van der Waals surface area contributed by atoms with Crippen LogP contribution in [-0.2, 0) is 20.1 Å². The van der Waals surface area contributed by atoms with Crippen LogP contribution in [0.2, 0.25) is 0 Å². The fourth-order valence-electron chi connectivity index (χ4n) is 2.08. The Kier molecular flexibility index (Phi) is 5.50. The molecule has 0 aromatic heterocycles. The summed E-state index contributed by atoms with van der Waals surface area (Å²) in [5.41, 5.74) is 2.10. The van der Waals surface area contributed by atoms with Crippen LogP contribution in [0.1, 0.15) is 25.0 Å². The van der Waals surface area contributed by atoms with Gasteiger partial charge >= 0.3 is 0 Å². The summed E-state index contributed by atoms with van der Waals surface area (Å²) in [6, 6.07) is 19.7. The van der Waals surface area contributed by atoms with Crippen molar-refractivity contribution in [3.63, 3.8) is 0 Å². The molecule has 0 aliphatic rings. The first-order valence-electron chi connectivity index (χ1n) is 7.21. The maximum atomic E-state index is 5.63. The van der Waals surface area contributed by atoms with Crippen LogP contribution < -0.4 is 0 Å². The first-order chi connectivity index (χ1) is 10.5. The molecule has 1 unspecified atom stereocenters. The van der Waals surface area contributed by atoms with Crippen molar-refractivity contribution < 1.29 is 14.5 Å². The largest absolute Gasteiger partial charge is 0.349 e. The van der Waals surface area contributed by atoms with E-state index >= 15 is 0 Å². The number of rotatable bonds is 7. The van der Waals surface area contributed by atoms with Gasteiger partial charge in [0.25, 0.3) is 0 Å². The summed E-state index contributed by atoms with van der Waals surface area (Å²) in [6.07, 6.45) is -0.662. The maximum absolute atomic E-state index is 5.63. The Morgan fingerprint density at radius 3 is 2.05 bits per heavy atom. The lowest BCUT2D eigenvalue weighted by molar-refractivity contribution is -0.406. The number of ether oxygens (including phenoxy) is 1. The van der Waals surface area contributed by atoms with E-state index in [1.54, 1.807) is 7.11 Å². The lowest BCUT2D eigenvalue weighted by Gasteiger charge is -2.27. The van der Waals surface area contributed by atoms with Crippen LogP contribution in [0.25, 0.3) is 5.57 Å². The Morgan fingerprint density at radius 2 is 1.50 bits per heavy atom. The number of methoxy groups -OCH3 is 1. The average Bonchev–Trinajstić information content (AvgIpc) is 2.57. The van der Waals surface area contributed by atoms with E-state index in [9.17, 15) is 0 Å². The molecule has 2 aromatic rings. The summed E-state index contributed by atoms with van der Waals surface area (Å²) in [5, 5.41) is 0. The summed E-state index contributed by atoms with van der Waals surface area (Å²) < 4.78 is 5.35. The van der Waals surface area contributed by atoms with Gasteiger partial charge in [-0.25, -0.2) is 4.89 Å². The van der Waals surface area contributed by atoms with Crippen molar-refractivity contribution in [1.29, 1.82) is 0 Å². The van der Waals surface area contributed by atoms with Gasteiger partial charge < -0.3 is 4.74 Å². The van der Waals surface area contributed by atoms with Crippen LogP contribution in [0.15, 0.2) is 67.2 Å². The maximum Gasteiger partial charge on any atom is 0.217 e. The van der Waals surface area contributed by atoms with Crippen molar-refractivity contribution in [2.45, 2.75) is 25.7 Å². The van der Waals surface area contributed by atoms with E-state index in [1.807, 2.05) is 74.5 Å². The van der Waals surface area contributed by atoms with Crippen molar-refractivity contribution in [3.8, 4) is 0 Å². The number of benzene rings is 2. The second-order valence-corrected chi connectivity index (χ2v) is 5.51. The predicted molar refractivity (Wildman–Crippen MR) is 87.9 cm³/mol. The van der Waals surface area contributed by atoms with Gasteiger partial charge in [-0.3, -0.25) is 0 Å². The highest BCUT2D eigenvalue weighted by molar-refractivity contribution is 5.65. The monoisotopic (exact) mass is 298 g/mol. The van der Waals surface area contributed by atoms with Gasteiger partial charge in [-0.05, 0) is 25.0 Å². The second-order valence-electron chi connectivity index (χ2n) is 5.51. The molecule has 3 nitrogen and oxygen atoms in total. The third kappa shape index (κ3) is 4.04. The normalized spacial score (nSPS) is 12.9. The fraction of sp³-hybridized carbons (Fsp3) is 0.263. The number of hydrogen-bond acceptors (Lipinski definition) is 3. The second kappa shape index (κ2) is 7.36. The molecule has 0 saturated carbocycles. The van der Waals surface area contributed by atoms with Crippen LogP contribution in [-0.4, -0.2) is 13.4 Å². The Bertz CT molecular complexity index is 591. The van der Waals surface area contributed by atoms with Gasteiger partial charge in [-0.1, -0.05) is 67.2 Å². The Hall–Kier alpha value is -1.94. The third-order valence-corrected chi connectivity index (χ3v) is 3.46. The van der Waals surface area contributed by atoms with E-state index in [1.165, 1.54) is 0 Å². The van der Waals surface area contributed by atoms with E-state index in [-0.39, 0.29) is 0 Å². The molecule has 2 aromatic carbocycles. The summed E-state index contributed by atoms with van der Waals surface area (Å²) in [4.78, 5) is 11.1. The van der Waals surface area contributed by atoms with Crippen LogP contribution in [0.5, 0.6) is 0 Å². The minimum Gasteiger partial charge on any atom is -0.349 e. The lowest BCUT2D eigenvalue weighted by Crippen LogP contribution is -2.27. The highest BCUT2D eigenvalue weighted by Crippen LogP contribution is 2.27. The molecule has 0 aliphatic carbocycles. The molecule has 0 spiro atoms. The molecule has 0 amide bonds. The molecule has 116 valence electrons. The van der Waals surface area contributed by atoms with Gasteiger partial charge in [0.15, 0.2) is 0 Å². The first kappa shape index (κ1) is 16.4. The highest BCUT2D eigenvalue weighted by atomic mass is 17.2. The van der Waals surface area contributed by atoms with Gasteiger partial charge in [-0.15, -0.1) is 0 Å². The SMILES string of the molecule is C=C(c1ccccc1)C(OC)OOC(C)(C)c1ccccc1. The Labute approximate surface area is 132 Å². The van der Waals surface area contributed by atoms with Crippen LogP contribution >= 0.6 is 0 Å². The quantitative estimate of drug-likeness (QED) is 0.426. The smallest absolute Gasteiger partial charge is 0.217 e. The highest BCUT2D eigenvalue weighted by Gasteiger charge is 2.25. The molecule has 0 fully saturated rings. The van der Waals surface area contributed by atoms with Crippen LogP contribution in [0, 0.1) is 0 Å². The van der Waals surface area contributed by atoms with Gasteiger partial charge in [0.2, 0.25) is 6.29 Å². The Balaban J connectivity index is 2.04. The van der Waals surface area contributed by atoms with Crippen molar-refractivity contribution in [2.75, 3.05) is 7.11 Å². The summed E-state index contributed by atoms with van der Waals surface area (Å²) in [5.74, 6) is 0. The van der Waals surface area contributed by atoms with Gasteiger partial charge in [0.05, 0.1) is 0 Å². The molecule has 0 heterocycles. The summed E-state index contributed by atoms with van der Waals surface area (Å²) >= 11 is 0. The molecule has 0 N–H and O–H groups in total. The number of hydrogen-bond donors (Lipinski definition) is 0. The van der Waals surface area contributed by atoms with Crippen LogP contribution in [0.3, 0.4) is 0 Å². The standard InChI is InChI=1S/C19H22O3/c1-15(16-11-7-5-8-12-16)18(20-4)21-22-19(2,3)17-13-9-6-10-14-17/h5-14,18H,1H2,2-4H3. The minimum atomic E-state index is -0.662. The molecule has 22 heavy (non-hydrogen) atoms. The first-order valence-corrected chi connectivity index (χ1v) is 7.21.